The van der Waals surface area contributed by atoms with E-state index in [-0.39, 0.29) is 17.5 Å². The fourth-order valence-electron chi connectivity index (χ4n) is 2.41. The average Bonchev–Trinajstić information content (AvgIpc) is 2.72. The Bertz CT molecular complexity index is 453. The number of carbonyl (C=O) groups is 1. The van der Waals surface area contributed by atoms with E-state index in [0.717, 1.165) is 18.5 Å². The summed E-state index contributed by atoms with van der Waals surface area (Å²) in [4.78, 5) is 12.2. The maximum absolute atomic E-state index is 12.2. The molecule has 1 aliphatic carbocycles. The number of amides is 1. The van der Waals surface area contributed by atoms with Crippen molar-refractivity contribution in [3.8, 4) is 0 Å². The van der Waals surface area contributed by atoms with E-state index in [4.69, 9.17) is 5.73 Å². The monoisotopic (exact) mass is 264 g/mol. The molecule has 0 unspecified atom stereocenters. The molecule has 1 fully saturated rings. The summed E-state index contributed by atoms with van der Waals surface area (Å²) >= 11 is 0. The van der Waals surface area contributed by atoms with E-state index >= 15 is 0 Å². The van der Waals surface area contributed by atoms with Crippen molar-refractivity contribution in [2.45, 2.75) is 64.3 Å². The summed E-state index contributed by atoms with van der Waals surface area (Å²) in [5.41, 5.74) is 6.61. The van der Waals surface area contributed by atoms with Crippen LogP contribution in [0.2, 0.25) is 0 Å². The summed E-state index contributed by atoms with van der Waals surface area (Å²) < 4.78 is 1.29. The molecular weight excluding hydrogens is 240 g/mol. The van der Waals surface area contributed by atoms with Crippen LogP contribution in [0.25, 0.3) is 0 Å². The molecule has 1 amide bonds. The Balaban J connectivity index is 2.08. The Kier molecular flexibility index (Phi) is 3.83. The van der Waals surface area contributed by atoms with Gasteiger partial charge in [0.2, 0.25) is 0 Å². The third kappa shape index (κ3) is 3.28. The van der Waals surface area contributed by atoms with Crippen molar-refractivity contribution in [3.05, 3.63) is 11.8 Å². The third-order valence-electron chi connectivity index (χ3n) is 3.63. The summed E-state index contributed by atoms with van der Waals surface area (Å²) in [6.07, 6.45) is 5.75. The smallest absolute Gasteiger partial charge is 0.344 e. The Morgan fingerprint density at radius 2 is 2.00 bits per heavy atom. The molecule has 1 aromatic heterocycles. The van der Waals surface area contributed by atoms with Gasteiger partial charge in [-0.2, -0.15) is 9.78 Å². The molecule has 106 valence electrons. The molecule has 0 spiro atoms. The number of hydrogen-bond acceptors (Lipinski definition) is 3. The van der Waals surface area contributed by atoms with Gasteiger partial charge < -0.3 is 11.1 Å². The van der Waals surface area contributed by atoms with Gasteiger partial charge in [-0.3, -0.25) is 0 Å². The van der Waals surface area contributed by atoms with Crippen molar-refractivity contribution in [1.82, 2.24) is 15.1 Å². The highest BCUT2D eigenvalue weighted by Gasteiger charge is 2.23. The zero-order valence-electron chi connectivity index (χ0n) is 12.1. The minimum atomic E-state index is -0.208. The molecule has 5 nitrogen and oxygen atoms in total. The van der Waals surface area contributed by atoms with Crippen LogP contribution < -0.4 is 11.1 Å². The Hall–Kier alpha value is -1.52. The van der Waals surface area contributed by atoms with E-state index < -0.39 is 0 Å². The van der Waals surface area contributed by atoms with E-state index in [1.54, 1.807) is 6.07 Å². The molecule has 0 aromatic carbocycles. The lowest BCUT2D eigenvalue weighted by Crippen LogP contribution is -2.39. The van der Waals surface area contributed by atoms with Crippen molar-refractivity contribution in [2.24, 2.45) is 0 Å². The van der Waals surface area contributed by atoms with Crippen LogP contribution in [0.5, 0.6) is 0 Å². The van der Waals surface area contributed by atoms with E-state index in [1.165, 1.54) is 23.9 Å². The quantitative estimate of drug-likeness (QED) is 0.819. The molecule has 0 radical (unpaired) electrons. The van der Waals surface area contributed by atoms with Crippen LogP contribution in [0.3, 0.4) is 0 Å². The predicted molar refractivity (Wildman–Crippen MR) is 76.1 cm³/mol. The first-order valence-corrected chi connectivity index (χ1v) is 7.05. The summed E-state index contributed by atoms with van der Waals surface area (Å²) in [6.45, 7) is 6.16. The molecule has 1 saturated carbocycles. The second kappa shape index (κ2) is 5.23. The van der Waals surface area contributed by atoms with Crippen molar-refractivity contribution in [2.75, 3.05) is 5.73 Å². The summed E-state index contributed by atoms with van der Waals surface area (Å²) in [6, 6.07) is 1.84. The van der Waals surface area contributed by atoms with Gasteiger partial charge in [0, 0.05) is 17.5 Å². The standard InChI is InChI=1S/C14H24N4O/c1-14(2,3)11-9-12(15)18(17-11)13(19)16-10-7-5-4-6-8-10/h9-10H,4-8,15H2,1-3H3,(H,16,19). The highest BCUT2D eigenvalue weighted by atomic mass is 16.2. The van der Waals surface area contributed by atoms with E-state index in [1.807, 2.05) is 0 Å². The lowest BCUT2D eigenvalue weighted by atomic mass is 9.92. The molecule has 0 bridgehead atoms. The second-order valence-electron chi connectivity index (χ2n) is 6.40. The fraction of sp³-hybridized carbons (Fsp3) is 0.714. The summed E-state index contributed by atoms with van der Waals surface area (Å²) in [5.74, 6) is 0.401. The van der Waals surface area contributed by atoms with Crippen LogP contribution in [-0.4, -0.2) is 21.9 Å². The first-order valence-electron chi connectivity index (χ1n) is 7.05. The summed E-state index contributed by atoms with van der Waals surface area (Å²) in [5, 5.41) is 7.35. The van der Waals surface area contributed by atoms with Gasteiger partial charge in [0.1, 0.15) is 5.82 Å². The predicted octanol–water partition coefficient (Wildman–Crippen LogP) is 2.65. The number of aromatic nitrogens is 2. The molecule has 3 N–H and O–H groups in total. The molecule has 0 atom stereocenters. The first-order chi connectivity index (χ1) is 8.88. The zero-order valence-corrected chi connectivity index (χ0v) is 12.1. The SMILES string of the molecule is CC(C)(C)c1cc(N)n(C(=O)NC2CCCCC2)n1. The zero-order chi connectivity index (χ0) is 14.0. The van der Waals surface area contributed by atoms with Crippen molar-refractivity contribution in [3.63, 3.8) is 0 Å². The van der Waals surface area contributed by atoms with Crippen LogP contribution in [0, 0.1) is 0 Å². The first kappa shape index (κ1) is 13.9. The minimum absolute atomic E-state index is 0.107. The number of nitrogens with one attached hydrogen (secondary N) is 1. The molecule has 19 heavy (non-hydrogen) atoms. The highest BCUT2D eigenvalue weighted by Crippen LogP contribution is 2.23. The molecule has 0 aliphatic heterocycles. The Morgan fingerprint density at radius 1 is 1.37 bits per heavy atom. The van der Waals surface area contributed by atoms with Crippen LogP contribution in [0.15, 0.2) is 6.07 Å². The minimum Gasteiger partial charge on any atom is -0.383 e. The number of nitrogens with zero attached hydrogens (tertiary/aromatic N) is 2. The number of nitrogens with two attached hydrogens (primary N) is 1. The van der Waals surface area contributed by atoms with Crippen molar-refractivity contribution >= 4 is 11.8 Å². The number of carbonyl (C=O) groups excluding carboxylic acids is 1. The van der Waals surface area contributed by atoms with Gasteiger partial charge in [0.25, 0.3) is 0 Å². The second-order valence-corrected chi connectivity index (χ2v) is 6.40. The topological polar surface area (TPSA) is 72.9 Å². The number of rotatable bonds is 1. The third-order valence-corrected chi connectivity index (χ3v) is 3.63. The Labute approximate surface area is 114 Å². The van der Waals surface area contributed by atoms with E-state index in [0.29, 0.717) is 5.82 Å². The van der Waals surface area contributed by atoms with Crippen LogP contribution >= 0.6 is 0 Å². The normalized spacial score (nSPS) is 17.4. The molecule has 5 heteroatoms. The Morgan fingerprint density at radius 3 is 2.53 bits per heavy atom. The van der Waals surface area contributed by atoms with Gasteiger partial charge in [0.15, 0.2) is 0 Å². The van der Waals surface area contributed by atoms with Gasteiger partial charge in [0.05, 0.1) is 5.69 Å². The average molecular weight is 264 g/mol. The van der Waals surface area contributed by atoms with Crippen LogP contribution in [-0.2, 0) is 5.41 Å². The molecule has 1 aliphatic rings. The van der Waals surface area contributed by atoms with Gasteiger partial charge in [-0.05, 0) is 12.8 Å². The molecular formula is C14H24N4O. The molecule has 2 rings (SSSR count). The fourth-order valence-corrected chi connectivity index (χ4v) is 2.41. The van der Waals surface area contributed by atoms with Crippen molar-refractivity contribution < 1.29 is 4.79 Å². The number of nitrogen functional groups attached to an aromatic ring is 1. The molecule has 1 heterocycles. The highest BCUT2D eigenvalue weighted by molar-refractivity contribution is 5.79. The lowest BCUT2D eigenvalue weighted by Gasteiger charge is -2.22. The molecule has 1 aromatic rings. The summed E-state index contributed by atoms with van der Waals surface area (Å²) in [7, 11) is 0. The van der Waals surface area contributed by atoms with Crippen molar-refractivity contribution in [1.29, 1.82) is 0 Å². The number of hydrogen-bond donors (Lipinski definition) is 2. The molecule has 0 saturated heterocycles. The van der Waals surface area contributed by atoms with Gasteiger partial charge in [-0.15, -0.1) is 0 Å². The van der Waals surface area contributed by atoms with Crippen LogP contribution in [0.4, 0.5) is 10.6 Å². The van der Waals surface area contributed by atoms with E-state index in [2.05, 4.69) is 31.2 Å². The van der Waals surface area contributed by atoms with Crippen LogP contribution in [0.1, 0.15) is 58.6 Å². The lowest BCUT2D eigenvalue weighted by molar-refractivity contribution is 0.231. The maximum Gasteiger partial charge on any atom is 0.344 e. The van der Waals surface area contributed by atoms with Gasteiger partial charge in [-0.1, -0.05) is 40.0 Å². The largest absolute Gasteiger partial charge is 0.383 e. The maximum atomic E-state index is 12.2. The van der Waals surface area contributed by atoms with E-state index in [9.17, 15) is 4.79 Å². The number of anilines is 1. The van der Waals surface area contributed by atoms with Gasteiger partial charge in [-0.25, -0.2) is 4.79 Å². The van der Waals surface area contributed by atoms with Gasteiger partial charge >= 0.3 is 6.03 Å².